The maximum absolute atomic E-state index is 6.26. The molecule has 2 aliphatic heterocycles. The van der Waals surface area contributed by atoms with Crippen molar-refractivity contribution in [1.82, 2.24) is 25.1 Å². The minimum Gasteiger partial charge on any atom is -0.368 e. The second-order valence-electron chi connectivity index (χ2n) is 7.22. The third-order valence-corrected chi connectivity index (χ3v) is 5.69. The summed E-state index contributed by atoms with van der Waals surface area (Å²) < 4.78 is 6.26. The number of hydrogen-bond acceptors (Lipinski definition) is 6. The molecule has 1 spiro atoms. The van der Waals surface area contributed by atoms with Crippen LogP contribution >= 0.6 is 0 Å². The molecule has 1 fully saturated rings. The Morgan fingerprint density at radius 2 is 2.12 bits per heavy atom. The second kappa shape index (κ2) is 6.03. The Kier molecular flexibility index (Phi) is 3.65. The monoisotopic (exact) mass is 350 g/mol. The van der Waals surface area contributed by atoms with Gasteiger partial charge in [-0.05, 0) is 30.4 Å². The topological polar surface area (TPSA) is 93.0 Å². The van der Waals surface area contributed by atoms with Crippen LogP contribution in [0.25, 0.3) is 10.9 Å². The lowest BCUT2D eigenvalue weighted by atomic mass is 9.83. The highest BCUT2D eigenvalue weighted by Gasteiger charge is 2.42. The number of benzene rings is 1. The van der Waals surface area contributed by atoms with Crippen molar-refractivity contribution in [2.24, 2.45) is 0 Å². The van der Waals surface area contributed by atoms with Crippen LogP contribution in [0.5, 0.6) is 0 Å². The summed E-state index contributed by atoms with van der Waals surface area (Å²) in [5.74, 6) is 0.335. The average molecular weight is 350 g/mol. The van der Waals surface area contributed by atoms with Crippen LogP contribution < -0.4 is 5.73 Å². The molecule has 1 aromatic carbocycles. The van der Waals surface area contributed by atoms with Gasteiger partial charge in [-0.1, -0.05) is 18.2 Å². The van der Waals surface area contributed by atoms with E-state index in [1.807, 2.05) is 12.4 Å². The van der Waals surface area contributed by atoms with Crippen molar-refractivity contribution in [3.05, 3.63) is 47.4 Å². The van der Waals surface area contributed by atoms with Crippen molar-refractivity contribution in [2.75, 3.05) is 25.4 Å². The van der Waals surface area contributed by atoms with Crippen molar-refractivity contribution in [3.63, 3.8) is 0 Å². The summed E-state index contributed by atoms with van der Waals surface area (Å²) in [7, 11) is 0. The first kappa shape index (κ1) is 15.7. The summed E-state index contributed by atoms with van der Waals surface area (Å²) in [6, 6.07) is 6.36. The van der Waals surface area contributed by atoms with E-state index in [4.69, 9.17) is 10.5 Å². The number of anilines is 1. The van der Waals surface area contributed by atoms with Gasteiger partial charge in [0.05, 0.1) is 24.0 Å². The van der Waals surface area contributed by atoms with Gasteiger partial charge in [0.15, 0.2) is 0 Å². The third kappa shape index (κ3) is 2.55. The lowest BCUT2D eigenvalue weighted by Gasteiger charge is -2.44. The number of aromatic nitrogens is 4. The van der Waals surface area contributed by atoms with Crippen LogP contribution in [0, 0.1) is 0 Å². The molecule has 4 heterocycles. The molecule has 3 N–H and O–H groups in total. The fourth-order valence-electron chi connectivity index (χ4n) is 4.28. The van der Waals surface area contributed by atoms with E-state index >= 15 is 0 Å². The van der Waals surface area contributed by atoms with Crippen molar-refractivity contribution >= 4 is 16.9 Å². The van der Waals surface area contributed by atoms with E-state index in [0.717, 1.165) is 62.1 Å². The Morgan fingerprint density at radius 1 is 1.23 bits per heavy atom. The molecule has 5 rings (SSSR count). The van der Waals surface area contributed by atoms with Crippen LogP contribution in [-0.4, -0.2) is 44.8 Å². The highest BCUT2D eigenvalue weighted by Crippen LogP contribution is 2.40. The molecular formula is C19H22N6O. The van der Waals surface area contributed by atoms with Gasteiger partial charge in [-0.15, -0.1) is 0 Å². The highest BCUT2D eigenvalue weighted by atomic mass is 16.5. The summed E-state index contributed by atoms with van der Waals surface area (Å²) in [5, 5.41) is 8.45. The largest absolute Gasteiger partial charge is 0.368 e. The number of aromatic amines is 1. The number of nitrogens with zero attached hydrogens (tertiary/aromatic N) is 4. The number of nitrogen functional groups attached to an aromatic ring is 1. The number of hydrogen-bond donors (Lipinski definition) is 2. The molecule has 7 heteroatoms. The van der Waals surface area contributed by atoms with E-state index in [9.17, 15) is 0 Å². The van der Waals surface area contributed by atoms with Gasteiger partial charge in [0.1, 0.15) is 5.60 Å². The predicted octanol–water partition coefficient (Wildman–Crippen LogP) is 2.00. The maximum atomic E-state index is 6.26. The van der Waals surface area contributed by atoms with Crippen LogP contribution in [0.3, 0.4) is 0 Å². The number of fused-ring (bicyclic) bond motifs is 3. The van der Waals surface area contributed by atoms with Crippen LogP contribution in [-0.2, 0) is 23.3 Å². The van der Waals surface area contributed by atoms with E-state index in [1.165, 1.54) is 11.1 Å². The first-order chi connectivity index (χ1) is 12.7. The quantitative estimate of drug-likeness (QED) is 0.734. The van der Waals surface area contributed by atoms with E-state index in [-0.39, 0.29) is 5.60 Å². The summed E-state index contributed by atoms with van der Waals surface area (Å²) in [5.41, 5.74) is 10.1. The van der Waals surface area contributed by atoms with Gasteiger partial charge in [0.2, 0.25) is 5.95 Å². The van der Waals surface area contributed by atoms with Gasteiger partial charge >= 0.3 is 0 Å². The maximum Gasteiger partial charge on any atom is 0.220 e. The molecule has 2 aliphatic rings. The molecule has 0 unspecified atom stereocenters. The predicted molar refractivity (Wildman–Crippen MR) is 98.4 cm³/mol. The van der Waals surface area contributed by atoms with Crippen molar-refractivity contribution in [2.45, 2.75) is 31.4 Å². The molecule has 7 nitrogen and oxygen atoms in total. The van der Waals surface area contributed by atoms with Gasteiger partial charge in [0, 0.05) is 31.2 Å². The summed E-state index contributed by atoms with van der Waals surface area (Å²) in [6.45, 7) is 3.57. The fraction of sp³-hybridized carbons (Fsp3) is 0.421. The van der Waals surface area contributed by atoms with Crippen molar-refractivity contribution < 1.29 is 4.74 Å². The molecular weight excluding hydrogens is 328 g/mol. The van der Waals surface area contributed by atoms with Crippen LogP contribution in [0.1, 0.15) is 29.7 Å². The Balaban J connectivity index is 1.36. The molecule has 26 heavy (non-hydrogen) atoms. The minimum atomic E-state index is -0.304. The SMILES string of the molecule is Nc1ncc2c(n1)C1(CCN(Cc3cccc4cn[nH]c34)CC1)OCC2. The normalized spacial score (nSPS) is 19.7. The standard InChI is InChI=1S/C19H22N6O/c20-18-21-10-14-4-9-26-19(17(14)23-18)5-7-25(8-6-19)12-15-3-1-2-13-11-22-24-16(13)15/h1-3,10-11H,4-9,12H2,(H,22,24)(H2,20,21,23). The van der Waals surface area contributed by atoms with Crippen LogP contribution in [0.15, 0.2) is 30.6 Å². The fourth-order valence-corrected chi connectivity index (χ4v) is 4.28. The average Bonchev–Trinajstić information content (AvgIpc) is 3.14. The van der Waals surface area contributed by atoms with Gasteiger partial charge < -0.3 is 10.5 Å². The summed E-state index contributed by atoms with van der Waals surface area (Å²) >= 11 is 0. The van der Waals surface area contributed by atoms with E-state index in [1.54, 1.807) is 0 Å². The molecule has 1 saturated heterocycles. The first-order valence-corrected chi connectivity index (χ1v) is 9.13. The number of likely N-dealkylation sites (tertiary alicyclic amines) is 1. The number of piperidine rings is 1. The zero-order valence-electron chi connectivity index (χ0n) is 14.6. The van der Waals surface area contributed by atoms with Crippen LogP contribution in [0.4, 0.5) is 5.95 Å². The zero-order valence-corrected chi connectivity index (χ0v) is 14.6. The Hall–Kier alpha value is -2.51. The first-order valence-electron chi connectivity index (χ1n) is 9.13. The molecule has 0 saturated carbocycles. The van der Waals surface area contributed by atoms with E-state index in [0.29, 0.717) is 5.95 Å². The number of H-pyrrole nitrogens is 1. The minimum absolute atomic E-state index is 0.304. The number of nitrogens with one attached hydrogen (secondary N) is 1. The smallest absolute Gasteiger partial charge is 0.220 e. The van der Waals surface area contributed by atoms with Gasteiger partial charge in [0.25, 0.3) is 0 Å². The molecule has 0 aliphatic carbocycles. The van der Waals surface area contributed by atoms with Crippen molar-refractivity contribution in [3.8, 4) is 0 Å². The molecule has 0 radical (unpaired) electrons. The molecule has 0 bridgehead atoms. The lowest BCUT2D eigenvalue weighted by Crippen LogP contribution is -2.47. The van der Waals surface area contributed by atoms with E-state index in [2.05, 4.69) is 43.3 Å². The number of ether oxygens (including phenoxy) is 1. The molecule has 0 atom stereocenters. The van der Waals surface area contributed by atoms with Gasteiger partial charge in [-0.2, -0.15) is 5.10 Å². The number of para-hydroxylation sites is 1. The third-order valence-electron chi connectivity index (χ3n) is 5.69. The number of nitrogens with two attached hydrogens (primary N) is 1. The number of rotatable bonds is 2. The Morgan fingerprint density at radius 3 is 3.00 bits per heavy atom. The Labute approximate surface area is 151 Å². The lowest BCUT2D eigenvalue weighted by molar-refractivity contribution is -0.102. The van der Waals surface area contributed by atoms with Crippen LogP contribution in [0.2, 0.25) is 0 Å². The second-order valence-corrected chi connectivity index (χ2v) is 7.22. The molecule has 134 valence electrons. The van der Waals surface area contributed by atoms with Crippen molar-refractivity contribution in [1.29, 1.82) is 0 Å². The highest BCUT2D eigenvalue weighted by molar-refractivity contribution is 5.81. The van der Waals surface area contributed by atoms with E-state index < -0.39 is 0 Å². The summed E-state index contributed by atoms with van der Waals surface area (Å²) in [4.78, 5) is 11.2. The van der Waals surface area contributed by atoms with Gasteiger partial charge in [-0.25, -0.2) is 9.97 Å². The molecule has 3 aromatic rings. The zero-order chi connectivity index (χ0) is 17.6. The van der Waals surface area contributed by atoms with Gasteiger partial charge in [-0.3, -0.25) is 10.00 Å². The molecule has 0 amide bonds. The molecule has 2 aromatic heterocycles. The Bertz CT molecular complexity index is 944. The summed E-state index contributed by atoms with van der Waals surface area (Å²) in [6.07, 6.45) is 6.46.